The van der Waals surface area contributed by atoms with E-state index in [-0.39, 0.29) is 58.3 Å². The lowest BCUT2D eigenvalue weighted by Crippen LogP contribution is -2.58. The monoisotopic (exact) mass is 731 g/mol. The van der Waals surface area contributed by atoms with Crippen LogP contribution in [0.2, 0.25) is 0 Å². The summed E-state index contributed by atoms with van der Waals surface area (Å²) < 4.78 is 41.0. The first-order chi connectivity index (χ1) is 24.1. The smallest absolute Gasteiger partial charge is 0.415 e. The second-order valence-corrected chi connectivity index (χ2v) is 18.1. The molecule has 14 heteroatoms. The van der Waals surface area contributed by atoms with Gasteiger partial charge in [0.2, 0.25) is 5.91 Å². The van der Waals surface area contributed by atoms with Crippen LogP contribution in [0.5, 0.6) is 5.88 Å². The predicted octanol–water partition coefficient (Wildman–Crippen LogP) is 3.97. The molecule has 0 saturated heterocycles. The minimum Gasteiger partial charge on any atom is -0.458 e. The summed E-state index contributed by atoms with van der Waals surface area (Å²) in [6.45, 7) is 7.93. The summed E-state index contributed by atoms with van der Waals surface area (Å²) in [7, 11) is -4.29. The quantitative estimate of drug-likeness (QED) is 0.211. The lowest BCUT2D eigenvalue weighted by molar-refractivity contribution is -0.832. The van der Waals surface area contributed by atoms with Gasteiger partial charge in [-0.1, -0.05) is 39.0 Å². The van der Waals surface area contributed by atoms with Crippen molar-refractivity contribution in [3.63, 3.8) is 0 Å². The Morgan fingerprint density at radius 3 is 2.51 bits per heavy atom. The van der Waals surface area contributed by atoms with E-state index in [4.69, 9.17) is 9.47 Å². The minimum absolute atomic E-state index is 0.115. The Balaban J connectivity index is 0.951. The zero-order chi connectivity index (χ0) is 36.7. The van der Waals surface area contributed by atoms with E-state index >= 15 is 0 Å². The third-order valence-electron chi connectivity index (χ3n) is 13.3. The number of sulfone groups is 1. The van der Waals surface area contributed by atoms with Crippen LogP contribution in [0, 0.1) is 51.5 Å². The Hall–Kier alpha value is -3.23. The fourth-order valence-electron chi connectivity index (χ4n) is 10.7. The number of carbonyl (C=O) groups is 2. The molecule has 2 aromatic rings. The highest BCUT2D eigenvalue weighted by Gasteiger charge is 2.62. The molecule has 4 aliphatic rings. The second kappa shape index (κ2) is 14.7. The fourth-order valence-corrected chi connectivity index (χ4v) is 12.0. The van der Waals surface area contributed by atoms with Gasteiger partial charge in [0.1, 0.15) is 19.3 Å². The molecular weight excluding hydrogens is 678 g/mol. The van der Waals surface area contributed by atoms with E-state index in [9.17, 15) is 33.4 Å². The molecule has 13 nitrogen and oxygen atoms in total. The third-order valence-corrected chi connectivity index (χ3v) is 15.0. The number of nitrogens with zero attached hydrogens (tertiary/aromatic N) is 2. The molecule has 0 radical (unpaired) electrons. The number of nitrogens with one attached hydrogen (secondary N) is 1. The Morgan fingerprint density at radius 1 is 1.06 bits per heavy atom. The van der Waals surface area contributed by atoms with Crippen molar-refractivity contribution < 1.29 is 47.2 Å². The van der Waals surface area contributed by atoms with Gasteiger partial charge in [0.15, 0.2) is 0 Å². The zero-order valence-electron chi connectivity index (χ0n) is 30.0. The van der Waals surface area contributed by atoms with E-state index in [1.54, 1.807) is 6.07 Å². The van der Waals surface area contributed by atoms with Crippen molar-refractivity contribution in [2.45, 2.75) is 120 Å². The van der Waals surface area contributed by atoms with Crippen molar-refractivity contribution >= 4 is 21.7 Å². The van der Waals surface area contributed by atoms with E-state index in [0.29, 0.717) is 41.9 Å². The fraction of sp³-hybridized carbons (Fsp3) is 0.730. The average Bonchev–Trinajstić information content (AvgIpc) is 3.66. The van der Waals surface area contributed by atoms with Crippen LogP contribution in [0.4, 0.5) is 0 Å². The first kappa shape index (κ1) is 37.5. The van der Waals surface area contributed by atoms with E-state index in [2.05, 4.69) is 35.9 Å². The van der Waals surface area contributed by atoms with Crippen LogP contribution < -0.4 is 15.0 Å². The lowest BCUT2D eigenvalue weighted by Gasteiger charge is -2.62. The van der Waals surface area contributed by atoms with Crippen LogP contribution in [0.1, 0.15) is 91.9 Å². The van der Waals surface area contributed by atoms with E-state index in [1.165, 1.54) is 31.2 Å². The van der Waals surface area contributed by atoms with Gasteiger partial charge >= 0.3 is 16.9 Å². The van der Waals surface area contributed by atoms with Crippen molar-refractivity contribution in [1.82, 2.24) is 10.5 Å². The molecule has 0 aliphatic heterocycles. The number of fused-ring (bicyclic) bond motifs is 5. The molecule has 282 valence electrons. The maximum atomic E-state index is 12.9. The molecule has 3 N–H and O–H groups in total. The van der Waals surface area contributed by atoms with Crippen LogP contribution in [0.15, 0.2) is 44.9 Å². The van der Waals surface area contributed by atoms with Crippen LogP contribution in [0.25, 0.3) is 0 Å². The number of ether oxygens (including phenoxy) is 2. The highest BCUT2D eigenvalue weighted by Crippen LogP contribution is 2.68. The van der Waals surface area contributed by atoms with Gasteiger partial charge in [-0.05, 0) is 128 Å². The van der Waals surface area contributed by atoms with Crippen LogP contribution in [-0.4, -0.2) is 67.1 Å². The summed E-state index contributed by atoms with van der Waals surface area (Å²) in [5.41, 5.74) is 0.301. The van der Waals surface area contributed by atoms with Crippen LogP contribution in [0.3, 0.4) is 0 Å². The summed E-state index contributed by atoms with van der Waals surface area (Å²) in [5.74, 6) is 0.898. The van der Waals surface area contributed by atoms with Crippen LogP contribution >= 0.6 is 0 Å². The summed E-state index contributed by atoms with van der Waals surface area (Å²) in [4.78, 5) is 24.9. The van der Waals surface area contributed by atoms with Crippen molar-refractivity contribution in [1.29, 1.82) is 0 Å². The molecule has 1 aromatic heterocycles. The van der Waals surface area contributed by atoms with Gasteiger partial charge in [-0.15, -0.1) is 0 Å². The number of benzene rings is 1. The molecule has 0 bridgehead atoms. The molecular formula is C37H53N3O10S. The number of aliphatic hydroxyl groups is 2. The molecule has 4 aliphatic carbocycles. The lowest BCUT2D eigenvalue weighted by atomic mass is 9.43. The number of hydrogen-bond donors (Lipinski definition) is 3. The van der Waals surface area contributed by atoms with Gasteiger partial charge in [0.05, 0.1) is 22.3 Å². The number of carbonyl (C=O) groups excluding carboxylic acids is 2. The van der Waals surface area contributed by atoms with E-state index < -0.39 is 32.8 Å². The Morgan fingerprint density at radius 2 is 1.76 bits per heavy atom. The molecule has 1 heterocycles. The van der Waals surface area contributed by atoms with Gasteiger partial charge < -0.3 is 30.2 Å². The van der Waals surface area contributed by atoms with Crippen LogP contribution in [-0.2, 0) is 24.2 Å². The number of hydrogen-bond acceptors (Lipinski definition) is 11. The Labute approximate surface area is 299 Å². The van der Waals surface area contributed by atoms with E-state index in [0.717, 1.165) is 51.4 Å². The molecule has 4 saturated carbocycles. The molecule has 1 aromatic carbocycles. The maximum Gasteiger partial charge on any atom is 0.415 e. The summed E-state index contributed by atoms with van der Waals surface area (Å²) in [6, 6.07) is 7.29. The first-order valence-electron chi connectivity index (χ1n) is 18.5. The van der Waals surface area contributed by atoms with Crippen molar-refractivity contribution in [3.8, 4) is 5.88 Å². The van der Waals surface area contributed by atoms with Gasteiger partial charge in [0, 0.05) is 6.42 Å². The van der Waals surface area contributed by atoms with Gasteiger partial charge in [0.25, 0.3) is 9.84 Å². The minimum atomic E-state index is -4.29. The van der Waals surface area contributed by atoms with E-state index in [1.807, 2.05) is 0 Å². The SMILES string of the molecule is CC(COc1no[n+]([O-])c1S(=O)(=O)c1ccccc1)OC(=O)CNC(=O)CC[C@@H](C)[C@H]1CC[C@H]2C3[C@@H](O)C[C@@H]4C[C@H](O)CC[C@]4(C)[C@H]3CC[C@]12C. The van der Waals surface area contributed by atoms with Gasteiger partial charge in [-0.3, -0.25) is 14.2 Å². The number of aliphatic hydroxyl groups excluding tert-OH is 2. The molecule has 11 atom stereocenters. The summed E-state index contributed by atoms with van der Waals surface area (Å²) in [6.07, 6.45) is 7.48. The van der Waals surface area contributed by atoms with Gasteiger partial charge in [-0.25, -0.2) is 8.42 Å². The molecule has 2 unspecified atom stereocenters. The molecule has 1 amide bonds. The molecule has 51 heavy (non-hydrogen) atoms. The largest absolute Gasteiger partial charge is 0.458 e. The molecule has 6 rings (SSSR count). The molecule has 0 spiro atoms. The topological polar surface area (TPSA) is 192 Å². The zero-order valence-corrected chi connectivity index (χ0v) is 30.8. The van der Waals surface area contributed by atoms with Gasteiger partial charge in [-0.2, -0.15) is 0 Å². The highest BCUT2D eigenvalue weighted by atomic mass is 32.2. The third kappa shape index (κ3) is 7.24. The number of rotatable bonds is 12. The van der Waals surface area contributed by atoms with Crippen molar-refractivity contribution in [2.75, 3.05) is 13.2 Å². The number of aromatic nitrogens is 2. The van der Waals surface area contributed by atoms with Crippen molar-refractivity contribution in [2.24, 2.45) is 46.3 Å². The number of esters is 1. The number of amides is 1. The predicted molar refractivity (Wildman–Crippen MR) is 182 cm³/mol. The standard InChI is InChI=1S/C37H53N3O10S/c1-22(27-11-12-28-33-29(15-17-37(27,28)4)36(3)16-14-25(41)18-24(36)19-30(33)42)10-13-31(43)38-20-32(44)49-23(2)21-48-34-35(40(45)50-39-34)51(46,47)26-8-6-5-7-9-26/h5-9,22-25,27-30,33,41-42H,10-21H2,1-4H3,(H,38,43)/t22-,23?,24+,25-,27-,28+,29+,30+,33?,36+,37-/m1/s1. The maximum absolute atomic E-state index is 12.9. The normalized spacial score (nSPS) is 34.4. The Kier molecular flexibility index (Phi) is 10.8. The highest BCUT2D eigenvalue weighted by molar-refractivity contribution is 7.91. The average molecular weight is 732 g/mol. The summed E-state index contributed by atoms with van der Waals surface area (Å²) in [5, 5.41) is 39.2. The Bertz CT molecular complexity index is 1670. The molecule has 4 fully saturated rings. The first-order valence-corrected chi connectivity index (χ1v) is 20.0. The summed E-state index contributed by atoms with van der Waals surface area (Å²) >= 11 is 0. The second-order valence-electron chi connectivity index (χ2n) is 16.2. The van der Waals surface area contributed by atoms with Crippen molar-refractivity contribution in [3.05, 3.63) is 35.5 Å².